The predicted molar refractivity (Wildman–Crippen MR) is 86.7 cm³/mol. The second-order valence-corrected chi connectivity index (χ2v) is 5.73. The number of hydrazone groups is 1. The number of aromatic hydroxyl groups is 1. The van der Waals surface area contributed by atoms with Gasteiger partial charge in [-0.05, 0) is 51.3 Å². The molecule has 0 aliphatic carbocycles. The fraction of sp³-hybridized carbons (Fsp3) is 0.125. The number of nitrogens with zero attached hydrogens (tertiary/aromatic N) is 1. The summed E-state index contributed by atoms with van der Waals surface area (Å²) < 4.78 is 38.3. The molecule has 0 aliphatic rings. The number of hydrogen-bond donors (Lipinski definition) is 2. The fourth-order valence-electron chi connectivity index (χ4n) is 1.86. The number of carbonyl (C=O) groups is 1. The molecule has 2 aromatic rings. The molecule has 0 aromatic heterocycles. The van der Waals surface area contributed by atoms with Gasteiger partial charge in [-0.15, -0.1) is 0 Å². The van der Waals surface area contributed by atoms with Crippen LogP contribution in [0.2, 0.25) is 0 Å². The number of halogens is 4. The molecular weight excluding hydrogens is 389 g/mol. The fourth-order valence-corrected chi connectivity index (χ4v) is 2.26. The van der Waals surface area contributed by atoms with E-state index in [4.69, 9.17) is 0 Å². The van der Waals surface area contributed by atoms with Crippen molar-refractivity contribution in [3.8, 4) is 5.75 Å². The highest BCUT2D eigenvalue weighted by Crippen LogP contribution is 2.29. The minimum atomic E-state index is -4.45. The van der Waals surface area contributed by atoms with Crippen molar-refractivity contribution < 1.29 is 23.1 Å². The lowest BCUT2D eigenvalue weighted by molar-refractivity contribution is -0.137. The Morgan fingerprint density at radius 1 is 1.25 bits per heavy atom. The molecule has 0 saturated heterocycles. The van der Waals surface area contributed by atoms with Gasteiger partial charge in [0.25, 0.3) is 0 Å². The van der Waals surface area contributed by atoms with E-state index in [1.807, 2.05) is 0 Å². The van der Waals surface area contributed by atoms with E-state index in [0.717, 1.165) is 12.1 Å². The van der Waals surface area contributed by atoms with Crippen LogP contribution >= 0.6 is 15.9 Å². The summed E-state index contributed by atoms with van der Waals surface area (Å²) in [5, 5.41) is 13.1. The molecule has 126 valence electrons. The molecule has 8 heteroatoms. The maximum Gasteiger partial charge on any atom is 0.416 e. The third kappa shape index (κ3) is 5.09. The second kappa shape index (κ2) is 7.48. The number of hydrogen-bond acceptors (Lipinski definition) is 3. The van der Waals surface area contributed by atoms with Crippen LogP contribution in [-0.4, -0.2) is 17.2 Å². The summed E-state index contributed by atoms with van der Waals surface area (Å²) in [6, 6.07) is 9.21. The van der Waals surface area contributed by atoms with Crippen LogP contribution in [0.3, 0.4) is 0 Å². The molecule has 0 saturated carbocycles. The van der Waals surface area contributed by atoms with Gasteiger partial charge in [0.1, 0.15) is 5.75 Å². The molecule has 0 aliphatic heterocycles. The van der Waals surface area contributed by atoms with E-state index >= 15 is 0 Å². The molecule has 0 heterocycles. The maximum absolute atomic E-state index is 12.6. The summed E-state index contributed by atoms with van der Waals surface area (Å²) in [7, 11) is 0. The van der Waals surface area contributed by atoms with Crippen LogP contribution in [0.1, 0.15) is 16.7 Å². The largest absolute Gasteiger partial charge is 0.507 e. The van der Waals surface area contributed by atoms with Crippen LogP contribution in [0.5, 0.6) is 5.75 Å². The Hall–Kier alpha value is -2.35. The average Bonchev–Trinajstić information content (AvgIpc) is 2.50. The first-order valence-corrected chi connectivity index (χ1v) is 7.51. The standard InChI is InChI=1S/C16H12BrF3N2O2/c17-13-7-11(4-5-14(13)23)9-21-22-15(24)8-10-2-1-3-12(6-10)16(18,19)20/h1-7,9,23H,8H2,(H,22,24)/b21-9-. The minimum Gasteiger partial charge on any atom is -0.507 e. The van der Waals surface area contributed by atoms with Crippen LogP contribution in [0.25, 0.3) is 0 Å². The Morgan fingerprint density at radius 2 is 2.00 bits per heavy atom. The maximum atomic E-state index is 12.6. The molecule has 0 unspecified atom stereocenters. The van der Waals surface area contributed by atoms with Gasteiger partial charge in [-0.3, -0.25) is 4.79 Å². The van der Waals surface area contributed by atoms with Crippen molar-refractivity contribution in [1.29, 1.82) is 0 Å². The molecule has 0 atom stereocenters. The van der Waals surface area contributed by atoms with Crippen molar-refractivity contribution in [3.63, 3.8) is 0 Å². The minimum absolute atomic E-state index is 0.0701. The molecule has 1 amide bonds. The summed E-state index contributed by atoms with van der Waals surface area (Å²) in [4.78, 5) is 11.7. The zero-order chi connectivity index (χ0) is 17.7. The van der Waals surface area contributed by atoms with Gasteiger partial charge in [-0.25, -0.2) is 5.43 Å². The van der Waals surface area contributed by atoms with Gasteiger partial charge in [-0.1, -0.05) is 18.2 Å². The first-order valence-electron chi connectivity index (χ1n) is 6.72. The van der Waals surface area contributed by atoms with Gasteiger partial charge >= 0.3 is 6.18 Å². The predicted octanol–water partition coefficient (Wildman–Crippen LogP) is 3.87. The van der Waals surface area contributed by atoms with E-state index in [1.165, 1.54) is 24.4 Å². The summed E-state index contributed by atoms with van der Waals surface area (Å²) >= 11 is 3.14. The lowest BCUT2D eigenvalue weighted by Crippen LogP contribution is -2.20. The van der Waals surface area contributed by atoms with Gasteiger partial charge in [0.15, 0.2) is 0 Å². The quantitative estimate of drug-likeness (QED) is 0.604. The van der Waals surface area contributed by atoms with Crippen LogP contribution < -0.4 is 5.43 Å². The Bertz CT molecular complexity index is 776. The summed E-state index contributed by atoms with van der Waals surface area (Å²) in [6.07, 6.45) is -3.31. The summed E-state index contributed by atoms with van der Waals surface area (Å²) in [6.45, 7) is 0. The first kappa shape index (κ1) is 18.0. The Kier molecular flexibility index (Phi) is 5.61. The van der Waals surface area contributed by atoms with Gasteiger partial charge in [0, 0.05) is 0 Å². The molecule has 2 N–H and O–H groups in total. The molecule has 2 aromatic carbocycles. The van der Waals surface area contributed by atoms with Crippen molar-refractivity contribution in [2.24, 2.45) is 5.10 Å². The highest BCUT2D eigenvalue weighted by atomic mass is 79.9. The number of phenols is 1. The highest BCUT2D eigenvalue weighted by Gasteiger charge is 2.30. The van der Waals surface area contributed by atoms with Crippen molar-refractivity contribution >= 4 is 28.1 Å². The smallest absolute Gasteiger partial charge is 0.416 e. The van der Waals surface area contributed by atoms with Crippen molar-refractivity contribution in [2.45, 2.75) is 12.6 Å². The molecule has 0 fully saturated rings. The topological polar surface area (TPSA) is 61.7 Å². The Balaban J connectivity index is 1.96. The molecule has 4 nitrogen and oxygen atoms in total. The van der Waals surface area contributed by atoms with E-state index in [1.54, 1.807) is 12.1 Å². The van der Waals surface area contributed by atoms with E-state index in [2.05, 4.69) is 26.5 Å². The summed E-state index contributed by atoms with van der Waals surface area (Å²) in [5.41, 5.74) is 2.31. The van der Waals surface area contributed by atoms with E-state index in [9.17, 15) is 23.1 Å². The zero-order valence-corrected chi connectivity index (χ0v) is 13.7. The molecule has 0 spiro atoms. The third-order valence-electron chi connectivity index (χ3n) is 2.99. The van der Waals surface area contributed by atoms with Crippen LogP contribution in [-0.2, 0) is 17.4 Å². The number of benzene rings is 2. The zero-order valence-electron chi connectivity index (χ0n) is 12.1. The summed E-state index contributed by atoms with van der Waals surface area (Å²) in [5.74, 6) is -0.468. The Labute approximate surface area is 144 Å². The van der Waals surface area contributed by atoms with E-state index in [-0.39, 0.29) is 17.7 Å². The number of carbonyl (C=O) groups excluding carboxylic acids is 1. The van der Waals surface area contributed by atoms with Crippen molar-refractivity contribution in [3.05, 3.63) is 63.6 Å². The first-order chi connectivity index (χ1) is 11.3. The third-order valence-corrected chi connectivity index (χ3v) is 3.63. The average molecular weight is 401 g/mol. The number of amides is 1. The monoisotopic (exact) mass is 400 g/mol. The van der Waals surface area contributed by atoms with Crippen molar-refractivity contribution in [1.82, 2.24) is 5.43 Å². The van der Waals surface area contributed by atoms with Gasteiger partial charge in [0.2, 0.25) is 5.91 Å². The number of nitrogens with one attached hydrogen (secondary N) is 1. The van der Waals surface area contributed by atoms with Crippen LogP contribution in [0, 0.1) is 0 Å². The number of alkyl halides is 3. The lowest BCUT2D eigenvalue weighted by atomic mass is 10.1. The molecule has 2 rings (SSSR count). The van der Waals surface area contributed by atoms with Crippen molar-refractivity contribution in [2.75, 3.05) is 0 Å². The van der Waals surface area contributed by atoms with Crippen LogP contribution in [0.15, 0.2) is 52.0 Å². The van der Waals surface area contributed by atoms with Gasteiger partial charge in [0.05, 0.1) is 22.7 Å². The molecule has 24 heavy (non-hydrogen) atoms. The second-order valence-electron chi connectivity index (χ2n) is 4.88. The molecule has 0 bridgehead atoms. The Morgan fingerprint density at radius 3 is 2.67 bits per heavy atom. The van der Waals surface area contributed by atoms with E-state index < -0.39 is 17.6 Å². The van der Waals surface area contributed by atoms with Crippen LogP contribution in [0.4, 0.5) is 13.2 Å². The van der Waals surface area contributed by atoms with Gasteiger partial charge in [-0.2, -0.15) is 18.3 Å². The number of rotatable bonds is 4. The normalized spacial score (nSPS) is 11.7. The lowest BCUT2D eigenvalue weighted by Gasteiger charge is -2.08. The molecule has 0 radical (unpaired) electrons. The van der Waals surface area contributed by atoms with E-state index in [0.29, 0.717) is 10.0 Å². The highest BCUT2D eigenvalue weighted by molar-refractivity contribution is 9.10. The molecular formula is C16H12BrF3N2O2. The SMILES string of the molecule is O=C(Cc1cccc(C(F)(F)F)c1)N/N=C\c1ccc(O)c(Br)c1. The number of phenolic OH excluding ortho intramolecular Hbond substituents is 1. The van der Waals surface area contributed by atoms with Gasteiger partial charge < -0.3 is 5.11 Å².